The Hall–Kier alpha value is -2.24. The summed E-state index contributed by atoms with van der Waals surface area (Å²) in [5.41, 5.74) is 0.491. The molecule has 2 aromatic rings. The van der Waals surface area contributed by atoms with Crippen LogP contribution < -0.4 is 10.9 Å². The lowest BCUT2D eigenvalue weighted by molar-refractivity contribution is -0.123. The van der Waals surface area contributed by atoms with E-state index in [1.807, 2.05) is 0 Å². The number of aromatic nitrogens is 2. The zero-order valence-electron chi connectivity index (χ0n) is 16.9. The molecule has 2 saturated heterocycles. The predicted molar refractivity (Wildman–Crippen MR) is 127 cm³/mol. The van der Waals surface area contributed by atoms with E-state index < -0.39 is 15.9 Å². The molecule has 2 aromatic heterocycles. The maximum atomic E-state index is 13.2. The number of thiocarbonyl (C=S) groups is 1. The topological polar surface area (TPSA) is 101 Å². The van der Waals surface area contributed by atoms with Crippen molar-refractivity contribution in [1.82, 2.24) is 14.3 Å². The summed E-state index contributed by atoms with van der Waals surface area (Å²) in [4.78, 5) is 32.5. The minimum atomic E-state index is -3.16. The van der Waals surface area contributed by atoms with Crippen LogP contribution in [0.3, 0.4) is 0 Å². The van der Waals surface area contributed by atoms with Crippen molar-refractivity contribution < 1.29 is 13.2 Å². The average Bonchev–Trinajstić information content (AvgIpc) is 3.22. The number of unbranched alkanes of at least 4 members (excludes halogenated alkanes) is 1. The van der Waals surface area contributed by atoms with Gasteiger partial charge in [-0.2, -0.15) is 0 Å². The first kappa shape index (κ1) is 22.0. The predicted octanol–water partition coefficient (Wildman–Crippen LogP) is 2.29. The van der Waals surface area contributed by atoms with Crippen molar-refractivity contribution in [3.8, 4) is 0 Å². The number of fused-ring (bicyclic) bond motifs is 1. The van der Waals surface area contributed by atoms with Gasteiger partial charge in [0.2, 0.25) is 0 Å². The lowest BCUT2D eigenvalue weighted by Crippen LogP contribution is -2.39. The third-order valence-electron chi connectivity index (χ3n) is 5.26. The molecule has 1 unspecified atom stereocenters. The molecule has 164 valence electrons. The molecule has 0 radical (unpaired) electrons. The van der Waals surface area contributed by atoms with E-state index in [4.69, 9.17) is 12.2 Å². The summed E-state index contributed by atoms with van der Waals surface area (Å²) >= 11 is 6.45. The van der Waals surface area contributed by atoms with Crippen molar-refractivity contribution >= 4 is 61.6 Å². The molecule has 31 heavy (non-hydrogen) atoms. The Labute approximate surface area is 189 Å². The molecule has 0 aromatic carbocycles. The second kappa shape index (κ2) is 8.71. The highest BCUT2D eigenvalue weighted by atomic mass is 32.2. The number of carbonyl (C=O) groups excluding carboxylic acids is 1. The molecule has 2 aliphatic heterocycles. The lowest BCUT2D eigenvalue weighted by Gasteiger charge is -2.20. The highest BCUT2D eigenvalue weighted by Gasteiger charge is 2.42. The maximum Gasteiger partial charge on any atom is 0.267 e. The van der Waals surface area contributed by atoms with Gasteiger partial charge in [-0.3, -0.25) is 18.9 Å². The third-order valence-corrected chi connectivity index (χ3v) is 8.35. The van der Waals surface area contributed by atoms with Crippen LogP contribution in [0.2, 0.25) is 0 Å². The Balaban J connectivity index is 1.73. The summed E-state index contributed by atoms with van der Waals surface area (Å²) in [6, 6.07) is 4.83. The molecule has 1 N–H and O–H groups in total. The van der Waals surface area contributed by atoms with Crippen LogP contribution in [0.1, 0.15) is 31.7 Å². The first-order valence-electron chi connectivity index (χ1n) is 10.0. The molecule has 8 nitrogen and oxygen atoms in total. The van der Waals surface area contributed by atoms with Crippen LogP contribution in [0.15, 0.2) is 34.1 Å². The molecule has 4 rings (SSSR count). The maximum absolute atomic E-state index is 13.2. The van der Waals surface area contributed by atoms with Crippen LogP contribution in [0.5, 0.6) is 0 Å². The number of nitrogens with one attached hydrogen (secondary N) is 1. The Bertz CT molecular complexity index is 1250. The molecule has 0 aliphatic carbocycles. The van der Waals surface area contributed by atoms with Gasteiger partial charge in [-0.15, -0.1) is 0 Å². The van der Waals surface area contributed by atoms with Crippen molar-refractivity contribution in [3.63, 3.8) is 0 Å². The minimum absolute atomic E-state index is 0.0508. The Morgan fingerprint density at radius 3 is 2.87 bits per heavy atom. The summed E-state index contributed by atoms with van der Waals surface area (Å²) < 4.78 is 25.5. The van der Waals surface area contributed by atoms with Crippen molar-refractivity contribution in [2.45, 2.75) is 32.2 Å². The first-order valence-corrected chi connectivity index (χ1v) is 13.1. The standard InChI is InChI=1S/C20H22N4O4S3/c1-2-3-8-21-17-14(18(25)23-9-5-4-6-16(23)22-17)11-15-19(26)24(20(29)30-15)13-7-10-31(27,28)12-13/h4-6,9,11,13,21H,2-3,7-8,10,12H2,1H3/b15-11-. The van der Waals surface area contributed by atoms with E-state index in [1.165, 1.54) is 15.4 Å². The molecule has 0 bridgehead atoms. The summed E-state index contributed by atoms with van der Waals surface area (Å²) in [7, 11) is -3.16. The summed E-state index contributed by atoms with van der Waals surface area (Å²) in [5.74, 6) is 0.0129. The van der Waals surface area contributed by atoms with Gasteiger partial charge in [0.05, 0.1) is 28.0 Å². The Morgan fingerprint density at radius 2 is 2.16 bits per heavy atom. The van der Waals surface area contributed by atoms with Crippen LogP contribution in [-0.2, 0) is 14.6 Å². The van der Waals surface area contributed by atoms with Gasteiger partial charge in [0.25, 0.3) is 11.5 Å². The average molecular weight is 479 g/mol. The summed E-state index contributed by atoms with van der Waals surface area (Å²) in [6.45, 7) is 2.72. The number of amides is 1. The van der Waals surface area contributed by atoms with Gasteiger partial charge in [-0.25, -0.2) is 13.4 Å². The van der Waals surface area contributed by atoms with E-state index >= 15 is 0 Å². The first-order chi connectivity index (χ1) is 14.8. The normalized spacial score (nSPS) is 22.0. The molecular weight excluding hydrogens is 456 g/mol. The molecular formula is C20H22N4O4S3. The largest absolute Gasteiger partial charge is 0.369 e. The van der Waals surface area contributed by atoms with Gasteiger partial charge in [-0.05, 0) is 31.1 Å². The van der Waals surface area contributed by atoms with Crippen LogP contribution >= 0.6 is 24.0 Å². The van der Waals surface area contributed by atoms with Gasteiger partial charge < -0.3 is 5.32 Å². The van der Waals surface area contributed by atoms with E-state index in [2.05, 4.69) is 17.2 Å². The van der Waals surface area contributed by atoms with Crippen LogP contribution in [0.25, 0.3) is 11.7 Å². The lowest BCUT2D eigenvalue weighted by atomic mass is 10.2. The fourth-order valence-corrected chi connectivity index (χ4v) is 6.74. The molecule has 1 amide bonds. The second-order valence-corrected chi connectivity index (χ2v) is 11.4. The molecule has 11 heteroatoms. The zero-order chi connectivity index (χ0) is 22.2. The minimum Gasteiger partial charge on any atom is -0.369 e. The number of pyridine rings is 1. The van der Waals surface area contributed by atoms with Crippen LogP contribution in [0, 0.1) is 0 Å². The molecule has 4 heterocycles. The highest BCUT2D eigenvalue weighted by Crippen LogP contribution is 2.36. The van der Waals surface area contributed by atoms with Gasteiger partial charge in [0, 0.05) is 12.7 Å². The van der Waals surface area contributed by atoms with Crippen LogP contribution in [-0.4, -0.2) is 57.0 Å². The number of hydrogen-bond acceptors (Lipinski definition) is 8. The van der Waals surface area contributed by atoms with Gasteiger partial charge >= 0.3 is 0 Å². The van der Waals surface area contributed by atoms with E-state index in [1.54, 1.807) is 24.4 Å². The van der Waals surface area contributed by atoms with E-state index in [-0.39, 0.29) is 28.5 Å². The fraction of sp³-hybridized carbons (Fsp3) is 0.400. The monoisotopic (exact) mass is 478 g/mol. The SMILES string of the molecule is CCCCNc1nc2ccccn2c(=O)c1/C=C1\SC(=S)N(C2CCS(=O)(=O)C2)C1=O. The number of carbonyl (C=O) groups is 1. The molecule has 2 aliphatic rings. The summed E-state index contributed by atoms with van der Waals surface area (Å²) in [6.07, 6.45) is 5.41. The number of anilines is 1. The van der Waals surface area contributed by atoms with Crippen molar-refractivity contribution in [3.05, 3.63) is 45.2 Å². The number of thioether (sulfide) groups is 1. The van der Waals surface area contributed by atoms with Gasteiger partial charge in [0.15, 0.2) is 9.84 Å². The quantitative estimate of drug-likeness (QED) is 0.383. The van der Waals surface area contributed by atoms with E-state index in [0.717, 1.165) is 24.6 Å². The van der Waals surface area contributed by atoms with Crippen molar-refractivity contribution in [1.29, 1.82) is 0 Å². The fourth-order valence-electron chi connectivity index (χ4n) is 3.66. The summed E-state index contributed by atoms with van der Waals surface area (Å²) in [5, 5.41) is 3.21. The smallest absolute Gasteiger partial charge is 0.267 e. The zero-order valence-corrected chi connectivity index (χ0v) is 19.4. The molecule has 0 saturated carbocycles. The van der Waals surface area contributed by atoms with E-state index in [0.29, 0.717) is 33.7 Å². The van der Waals surface area contributed by atoms with Crippen molar-refractivity contribution in [2.24, 2.45) is 0 Å². The number of rotatable bonds is 6. The van der Waals surface area contributed by atoms with Crippen molar-refractivity contribution in [2.75, 3.05) is 23.4 Å². The number of sulfone groups is 1. The second-order valence-electron chi connectivity index (χ2n) is 7.50. The van der Waals surface area contributed by atoms with Crippen LogP contribution in [0.4, 0.5) is 5.82 Å². The Kier molecular flexibility index (Phi) is 6.18. The third kappa shape index (κ3) is 4.39. The Morgan fingerprint density at radius 1 is 1.35 bits per heavy atom. The molecule has 1 atom stereocenters. The highest BCUT2D eigenvalue weighted by molar-refractivity contribution is 8.26. The molecule has 0 spiro atoms. The van der Waals surface area contributed by atoms with Gasteiger partial charge in [-0.1, -0.05) is 43.4 Å². The van der Waals surface area contributed by atoms with E-state index in [9.17, 15) is 18.0 Å². The number of nitrogens with zero attached hydrogens (tertiary/aromatic N) is 3. The van der Waals surface area contributed by atoms with Gasteiger partial charge in [0.1, 0.15) is 15.8 Å². The number of hydrogen-bond donors (Lipinski definition) is 1. The molecule has 2 fully saturated rings.